The molecule has 0 unspecified atom stereocenters. The number of aryl methyl sites for hydroxylation is 2. The van der Waals surface area contributed by atoms with Gasteiger partial charge in [0.1, 0.15) is 12.2 Å². The number of nitrogens with zero attached hydrogens (tertiary/aromatic N) is 6. The van der Waals surface area contributed by atoms with Gasteiger partial charge in [-0.2, -0.15) is 4.98 Å². The summed E-state index contributed by atoms with van der Waals surface area (Å²) in [6, 6.07) is 15.2. The number of piperazine rings is 2. The third kappa shape index (κ3) is 10.8. The Labute approximate surface area is 335 Å². The Balaban J connectivity index is 1.18. The van der Waals surface area contributed by atoms with E-state index in [1.807, 2.05) is 36.9 Å². The van der Waals surface area contributed by atoms with Gasteiger partial charge in [-0.15, -0.1) is 0 Å². The molecule has 1 aromatic heterocycles. The third-order valence-electron chi connectivity index (χ3n) is 10.4. The zero-order valence-electron chi connectivity index (χ0n) is 33.8. The molecule has 0 aliphatic carbocycles. The summed E-state index contributed by atoms with van der Waals surface area (Å²) in [5, 5.41) is 6.00. The summed E-state index contributed by atoms with van der Waals surface area (Å²) < 4.78 is 33.0. The predicted octanol–water partition coefficient (Wildman–Crippen LogP) is 6.60. The number of benzene rings is 3. The first-order valence-corrected chi connectivity index (χ1v) is 19.9. The Hall–Kier alpha value is -5.31. The summed E-state index contributed by atoms with van der Waals surface area (Å²) in [5.74, 6) is -0.440. The van der Waals surface area contributed by atoms with Crippen molar-refractivity contribution in [3.63, 3.8) is 0 Å². The third-order valence-corrected chi connectivity index (χ3v) is 10.4. The first-order valence-electron chi connectivity index (χ1n) is 19.9. The zero-order valence-corrected chi connectivity index (χ0v) is 33.8. The summed E-state index contributed by atoms with van der Waals surface area (Å²) in [6.45, 7) is 18.4. The molecule has 2 fully saturated rings. The Kier molecular flexibility index (Phi) is 14.3. The molecule has 0 spiro atoms. The van der Waals surface area contributed by atoms with Gasteiger partial charge in [-0.05, 0) is 81.2 Å². The van der Waals surface area contributed by atoms with E-state index in [0.717, 1.165) is 82.9 Å². The van der Waals surface area contributed by atoms with Crippen molar-refractivity contribution in [3.8, 4) is 23.1 Å². The molecule has 2 N–H and O–H groups in total. The van der Waals surface area contributed by atoms with Gasteiger partial charge in [0.25, 0.3) is 11.8 Å². The van der Waals surface area contributed by atoms with Crippen LogP contribution < -0.4 is 24.8 Å². The molecular weight excluding hydrogens is 728 g/mol. The quantitative estimate of drug-likeness (QED) is 0.128. The zero-order chi connectivity index (χ0) is 40.3. The lowest BCUT2D eigenvalue weighted by Crippen LogP contribution is -2.48. The van der Waals surface area contributed by atoms with Crippen LogP contribution in [0.4, 0.5) is 21.7 Å². The normalized spacial score (nSPS) is 15.3. The molecule has 0 saturated carbocycles. The fourth-order valence-electron chi connectivity index (χ4n) is 7.18. The average Bonchev–Trinajstić information content (AvgIpc) is 3.21. The lowest BCUT2D eigenvalue weighted by Gasteiger charge is -2.34. The van der Waals surface area contributed by atoms with E-state index in [2.05, 4.69) is 49.1 Å². The number of nitrogens with one attached hydrogen (secondary N) is 2. The molecule has 3 aromatic carbocycles. The van der Waals surface area contributed by atoms with E-state index in [1.54, 1.807) is 30.3 Å². The SMILES string of the molecule is CCCN1CCN(CCOc2ccc(Nc3ncc(C(=O)Nc4c(C)cccc4C)c(Oc4ccc(C(=O)N5CCN(CCC)CC5)cc4OC)n3)cc2F)CC1. The standard InChI is InChI=1S/C43H55FN8O5/c1-6-15-49-17-19-51(20-18-49)25-26-56-36-14-12-33(28-35(36)44)46-43-45-29-34(40(53)47-39-30(3)9-8-10-31(39)4)41(48-43)57-37-13-11-32(27-38(37)55-5)42(54)52-23-21-50(16-7-2)22-24-52/h8-14,27-29H,6-7,15-26H2,1-5H3,(H,47,53)(H,45,46,48). The van der Waals surface area contributed by atoms with Crippen LogP contribution in [0.2, 0.25) is 0 Å². The molecule has 3 heterocycles. The smallest absolute Gasteiger partial charge is 0.262 e. The van der Waals surface area contributed by atoms with E-state index in [1.165, 1.54) is 19.4 Å². The molecule has 57 heavy (non-hydrogen) atoms. The monoisotopic (exact) mass is 782 g/mol. The molecule has 2 amide bonds. The second-order valence-electron chi connectivity index (χ2n) is 14.5. The van der Waals surface area contributed by atoms with Crippen LogP contribution in [0, 0.1) is 19.7 Å². The average molecular weight is 783 g/mol. The first kappa shape index (κ1) is 41.3. The van der Waals surface area contributed by atoms with Crippen LogP contribution in [0.5, 0.6) is 23.1 Å². The molecule has 304 valence electrons. The first-order chi connectivity index (χ1) is 27.6. The molecule has 14 heteroatoms. The molecule has 0 bridgehead atoms. The highest BCUT2D eigenvalue weighted by atomic mass is 19.1. The van der Waals surface area contributed by atoms with Crippen molar-refractivity contribution in [2.75, 3.05) is 96.3 Å². The van der Waals surface area contributed by atoms with Crippen molar-refractivity contribution < 1.29 is 28.2 Å². The highest BCUT2D eigenvalue weighted by molar-refractivity contribution is 6.06. The summed E-state index contributed by atoms with van der Waals surface area (Å²) in [4.78, 5) is 45.2. The molecule has 13 nitrogen and oxygen atoms in total. The van der Waals surface area contributed by atoms with E-state index < -0.39 is 11.7 Å². The van der Waals surface area contributed by atoms with Crippen molar-refractivity contribution in [1.82, 2.24) is 29.6 Å². The minimum Gasteiger partial charge on any atom is -0.493 e. The number of aromatic nitrogens is 2. The van der Waals surface area contributed by atoms with E-state index in [4.69, 9.17) is 14.2 Å². The van der Waals surface area contributed by atoms with Crippen LogP contribution in [-0.2, 0) is 0 Å². The van der Waals surface area contributed by atoms with Crippen LogP contribution in [-0.4, -0.2) is 127 Å². The number of carbonyl (C=O) groups excluding carboxylic acids is 2. The van der Waals surface area contributed by atoms with E-state index in [-0.39, 0.29) is 40.5 Å². The fraction of sp³-hybridized carbons (Fsp3) is 0.442. The van der Waals surface area contributed by atoms with Gasteiger partial charge in [0.15, 0.2) is 23.1 Å². The molecule has 6 rings (SSSR count). The van der Waals surface area contributed by atoms with Crippen molar-refractivity contribution >= 4 is 29.1 Å². The van der Waals surface area contributed by atoms with Crippen molar-refractivity contribution in [2.45, 2.75) is 40.5 Å². The highest BCUT2D eigenvalue weighted by Crippen LogP contribution is 2.35. The maximum absolute atomic E-state index is 15.3. The van der Waals surface area contributed by atoms with Crippen LogP contribution in [0.25, 0.3) is 0 Å². The Morgan fingerprint density at radius 3 is 2.05 bits per heavy atom. The molecule has 0 radical (unpaired) electrons. The number of para-hydroxylation sites is 1. The number of rotatable bonds is 16. The highest BCUT2D eigenvalue weighted by Gasteiger charge is 2.25. The number of methoxy groups -OCH3 is 1. The van der Waals surface area contributed by atoms with Gasteiger partial charge in [0.2, 0.25) is 11.8 Å². The van der Waals surface area contributed by atoms with Gasteiger partial charge >= 0.3 is 0 Å². The van der Waals surface area contributed by atoms with Crippen LogP contribution in [0.15, 0.2) is 60.8 Å². The number of ether oxygens (including phenoxy) is 3. The predicted molar refractivity (Wildman–Crippen MR) is 220 cm³/mol. The van der Waals surface area contributed by atoms with E-state index in [0.29, 0.717) is 36.6 Å². The van der Waals surface area contributed by atoms with E-state index in [9.17, 15) is 9.59 Å². The van der Waals surface area contributed by atoms with Crippen LogP contribution in [0.1, 0.15) is 58.5 Å². The number of amides is 2. The lowest BCUT2D eigenvalue weighted by molar-refractivity contribution is 0.0637. The Morgan fingerprint density at radius 2 is 1.42 bits per heavy atom. The van der Waals surface area contributed by atoms with Crippen molar-refractivity contribution in [2.24, 2.45) is 0 Å². The molecule has 0 atom stereocenters. The fourth-order valence-corrected chi connectivity index (χ4v) is 7.18. The van der Waals surface area contributed by atoms with Crippen molar-refractivity contribution in [3.05, 3.63) is 88.9 Å². The lowest BCUT2D eigenvalue weighted by atomic mass is 10.1. The van der Waals surface area contributed by atoms with Crippen molar-refractivity contribution in [1.29, 1.82) is 0 Å². The summed E-state index contributed by atoms with van der Waals surface area (Å²) in [7, 11) is 1.48. The molecule has 2 saturated heterocycles. The second kappa shape index (κ2) is 19.7. The summed E-state index contributed by atoms with van der Waals surface area (Å²) in [5.41, 5.74) is 3.33. The van der Waals surface area contributed by atoms with Gasteiger partial charge in [0.05, 0.1) is 7.11 Å². The van der Waals surface area contributed by atoms with Gasteiger partial charge in [-0.3, -0.25) is 19.4 Å². The largest absolute Gasteiger partial charge is 0.493 e. The van der Waals surface area contributed by atoms with Crippen LogP contribution in [0.3, 0.4) is 0 Å². The number of hydrogen-bond donors (Lipinski definition) is 2. The summed E-state index contributed by atoms with van der Waals surface area (Å²) >= 11 is 0. The van der Waals surface area contributed by atoms with Gasteiger partial charge in [0, 0.05) is 88.1 Å². The number of halogens is 1. The number of anilines is 3. The molecular formula is C43H55FN8O5. The number of hydrogen-bond acceptors (Lipinski definition) is 11. The molecule has 2 aliphatic heterocycles. The topological polar surface area (TPSA) is 125 Å². The van der Waals surface area contributed by atoms with Gasteiger partial charge in [-0.25, -0.2) is 9.37 Å². The number of carbonyl (C=O) groups is 2. The maximum atomic E-state index is 15.3. The Bertz CT molecular complexity index is 1980. The van der Waals surface area contributed by atoms with E-state index >= 15 is 4.39 Å². The summed E-state index contributed by atoms with van der Waals surface area (Å²) in [6.07, 6.45) is 3.58. The Morgan fingerprint density at radius 1 is 0.789 bits per heavy atom. The minimum atomic E-state index is -0.531. The second-order valence-corrected chi connectivity index (χ2v) is 14.5. The van der Waals surface area contributed by atoms with Crippen LogP contribution >= 0.6 is 0 Å². The maximum Gasteiger partial charge on any atom is 0.262 e. The molecule has 2 aliphatic rings. The molecule has 4 aromatic rings. The minimum absolute atomic E-state index is 0.0528. The van der Waals surface area contributed by atoms with Gasteiger partial charge in [-0.1, -0.05) is 32.0 Å². The van der Waals surface area contributed by atoms with Gasteiger partial charge < -0.3 is 34.6 Å².